The molecule has 0 heterocycles. The third-order valence-electron chi connectivity index (χ3n) is 3.63. The van der Waals surface area contributed by atoms with Crippen LogP contribution in [0.15, 0.2) is 18.2 Å². The van der Waals surface area contributed by atoms with Gasteiger partial charge in [0.1, 0.15) is 11.9 Å². The normalized spacial score (nSPS) is 23.1. The first kappa shape index (κ1) is 14.1. The number of ketones is 1. The van der Waals surface area contributed by atoms with E-state index < -0.39 is 6.10 Å². The number of Topliss-reactive ketones (excluding diaryl/α,β-unsaturated/α-hetero) is 1. The van der Waals surface area contributed by atoms with Crippen molar-refractivity contribution in [2.45, 2.75) is 51.7 Å². The van der Waals surface area contributed by atoms with E-state index in [-0.39, 0.29) is 17.3 Å². The Balaban J connectivity index is 2.12. The third-order valence-corrected chi connectivity index (χ3v) is 3.63. The first-order chi connectivity index (χ1) is 8.82. The van der Waals surface area contributed by atoms with Gasteiger partial charge in [0.05, 0.1) is 0 Å². The molecular formula is C16H22O3. The van der Waals surface area contributed by atoms with Crippen LogP contribution in [0.25, 0.3) is 0 Å². The van der Waals surface area contributed by atoms with Gasteiger partial charge in [-0.15, -0.1) is 0 Å². The zero-order valence-corrected chi connectivity index (χ0v) is 12.3. The third kappa shape index (κ3) is 2.81. The molecule has 0 bridgehead atoms. The molecule has 1 aliphatic carbocycles. The maximum atomic E-state index is 11.3. The number of hydrogen-bond donors (Lipinski definition) is 0. The van der Waals surface area contributed by atoms with Crippen molar-refractivity contribution >= 4 is 5.78 Å². The van der Waals surface area contributed by atoms with Gasteiger partial charge in [0, 0.05) is 13.5 Å². The molecule has 0 aliphatic heterocycles. The Hall–Kier alpha value is -1.35. The van der Waals surface area contributed by atoms with Crippen LogP contribution in [0, 0.1) is 6.92 Å². The Morgan fingerprint density at radius 2 is 1.95 bits per heavy atom. The highest BCUT2D eigenvalue weighted by molar-refractivity contribution is 5.90. The Bertz CT molecular complexity index is 485. The summed E-state index contributed by atoms with van der Waals surface area (Å²) < 4.78 is 11.0. The van der Waals surface area contributed by atoms with E-state index in [4.69, 9.17) is 9.47 Å². The van der Waals surface area contributed by atoms with E-state index in [1.165, 1.54) is 5.56 Å². The summed E-state index contributed by atoms with van der Waals surface area (Å²) in [6.45, 7) is 8.60. The summed E-state index contributed by atoms with van der Waals surface area (Å²) in [5.41, 5.74) is 2.51. The van der Waals surface area contributed by atoms with E-state index in [1.807, 2.05) is 13.0 Å². The number of hydrogen-bond acceptors (Lipinski definition) is 3. The molecule has 1 saturated carbocycles. The summed E-state index contributed by atoms with van der Waals surface area (Å²) in [6.07, 6.45) is -0.0997. The van der Waals surface area contributed by atoms with Crippen LogP contribution in [0.3, 0.4) is 0 Å². The second-order valence-corrected chi connectivity index (χ2v) is 6.21. The van der Waals surface area contributed by atoms with Gasteiger partial charge in [0.2, 0.25) is 0 Å². The Morgan fingerprint density at radius 1 is 1.26 bits per heavy atom. The van der Waals surface area contributed by atoms with Crippen LogP contribution in [-0.2, 0) is 14.9 Å². The van der Waals surface area contributed by atoms with Crippen LogP contribution in [0.2, 0.25) is 0 Å². The largest absolute Gasteiger partial charge is 0.486 e. The molecule has 2 atom stereocenters. The lowest BCUT2D eigenvalue weighted by Crippen LogP contribution is -2.51. The summed E-state index contributed by atoms with van der Waals surface area (Å²) in [7, 11) is 1.55. The molecule has 1 fully saturated rings. The van der Waals surface area contributed by atoms with Gasteiger partial charge in [-0.2, -0.15) is 0 Å². The predicted molar refractivity (Wildman–Crippen MR) is 74.7 cm³/mol. The van der Waals surface area contributed by atoms with Gasteiger partial charge < -0.3 is 9.47 Å². The van der Waals surface area contributed by atoms with Crippen LogP contribution in [0.4, 0.5) is 0 Å². The average molecular weight is 262 g/mol. The van der Waals surface area contributed by atoms with E-state index in [0.717, 1.165) is 11.3 Å². The van der Waals surface area contributed by atoms with Crippen molar-refractivity contribution in [3.05, 3.63) is 29.3 Å². The maximum absolute atomic E-state index is 11.3. The smallest absolute Gasteiger partial charge is 0.169 e. The maximum Gasteiger partial charge on any atom is 0.169 e. The van der Waals surface area contributed by atoms with Crippen molar-refractivity contribution in [2.24, 2.45) is 0 Å². The highest BCUT2D eigenvalue weighted by Crippen LogP contribution is 2.31. The van der Waals surface area contributed by atoms with Crippen LogP contribution in [0.5, 0.6) is 5.75 Å². The number of aryl methyl sites for hydroxylation is 1. The molecule has 3 heteroatoms. The van der Waals surface area contributed by atoms with Gasteiger partial charge in [-0.3, -0.25) is 4.79 Å². The first-order valence-electron chi connectivity index (χ1n) is 6.66. The van der Waals surface area contributed by atoms with Crippen molar-refractivity contribution in [3.8, 4) is 5.75 Å². The molecule has 0 N–H and O–H groups in total. The second kappa shape index (κ2) is 4.97. The summed E-state index contributed by atoms with van der Waals surface area (Å²) in [4.78, 5) is 11.3. The van der Waals surface area contributed by atoms with Gasteiger partial charge in [-0.1, -0.05) is 32.9 Å². The molecule has 1 aliphatic rings. The van der Waals surface area contributed by atoms with Crippen molar-refractivity contribution in [2.75, 3.05) is 7.11 Å². The van der Waals surface area contributed by atoms with Gasteiger partial charge in [0.25, 0.3) is 0 Å². The number of rotatable bonds is 3. The molecule has 2 unspecified atom stereocenters. The SMILES string of the molecule is COC1C(=O)CC1Oc1ccc(C(C)(C)C)cc1C. The molecular weight excluding hydrogens is 240 g/mol. The van der Waals surface area contributed by atoms with Crippen LogP contribution in [0.1, 0.15) is 38.3 Å². The minimum Gasteiger partial charge on any atom is -0.486 e. The molecule has 0 aromatic heterocycles. The monoisotopic (exact) mass is 262 g/mol. The lowest BCUT2D eigenvalue weighted by Gasteiger charge is -2.34. The lowest BCUT2D eigenvalue weighted by atomic mass is 9.86. The fourth-order valence-electron chi connectivity index (χ4n) is 2.27. The van der Waals surface area contributed by atoms with Gasteiger partial charge >= 0.3 is 0 Å². The Kier molecular flexibility index (Phi) is 3.68. The molecule has 1 aromatic carbocycles. The second-order valence-electron chi connectivity index (χ2n) is 6.21. The van der Waals surface area contributed by atoms with Crippen molar-refractivity contribution in [1.82, 2.24) is 0 Å². The quantitative estimate of drug-likeness (QED) is 0.840. The fourth-order valence-corrected chi connectivity index (χ4v) is 2.27. The van der Waals surface area contributed by atoms with Crippen molar-refractivity contribution in [3.63, 3.8) is 0 Å². The van der Waals surface area contributed by atoms with Crippen LogP contribution < -0.4 is 4.74 Å². The number of benzene rings is 1. The molecule has 0 saturated heterocycles. The zero-order valence-electron chi connectivity index (χ0n) is 12.3. The van der Waals surface area contributed by atoms with Crippen LogP contribution >= 0.6 is 0 Å². The average Bonchev–Trinajstić information content (AvgIpc) is 2.29. The summed E-state index contributed by atoms with van der Waals surface area (Å²) in [6, 6.07) is 6.23. The highest BCUT2D eigenvalue weighted by Gasteiger charge is 2.42. The molecule has 0 radical (unpaired) electrons. The van der Waals surface area contributed by atoms with Crippen molar-refractivity contribution < 1.29 is 14.3 Å². The summed E-state index contributed by atoms with van der Waals surface area (Å²) >= 11 is 0. The molecule has 3 nitrogen and oxygen atoms in total. The molecule has 1 aromatic rings. The number of carbonyl (C=O) groups is 1. The van der Waals surface area contributed by atoms with E-state index in [0.29, 0.717) is 6.42 Å². The van der Waals surface area contributed by atoms with Crippen LogP contribution in [-0.4, -0.2) is 25.1 Å². The van der Waals surface area contributed by atoms with Gasteiger partial charge in [0.15, 0.2) is 11.9 Å². The zero-order chi connectivity index (χ0) is 14.2. The number of ether oxygens (including phenoxy) is 2. The van der Waals surface area contributed by atoms with E-state index >= 15 is 0 Å². The van der Waals surface area contributed by atoms with Crippen molar-refractivity contribution in [1.29, 1.82) is 0 Å². The molecule has 104 valence electrons. The summed E-state index contributed by atoms with van der Waals surface area (Å²) in [5, 5.41) is 0. The van der Waals surface area contributed by atoms with Gasteiger partial charge in [-0.25, -0.2) is 0 Å². The fraction of sp³-hybridized carbons (Fsp3) is 0.562. The highest BCUT2D eigenvalue weighted by atomic mass is 16.5. The molecule has 2 rings (SSSR count). The summed E-state index contributed by atoms with van der Waals surface area (Å²) in [5.74, 6) is 0.962. The van der Waals surface area contributed by atoms with E-state index in [2.05, 4.69) is 32.9 Å². The van der Waals surface area contributed by atoms with Gasteiger partial charge in [-0.05, 0) is 29.5 Å². The lowest BCUT2D eigenvalue weighted by molar-refractivity contribution is -0.151. The van der Waals surface area contributed by atoms with E-state index in [9.17, 15) is 4.79 Å². The number of methoxy groups -OCH3 is 1. The minimum absolute atomic E-state index is 0.122. The molecule has 0 amide bonds. The standard InChI is InChI=1S/C16H22O3/c1-10-8-11(16(2,3)4)6-7-13(10)19-14-9-12(17)15(14)18-5/h6-8,14-15H,9H2,1-5H3. The van der Waals surface area contributed by atoms with E-state index in [1.54, 1.807) is 7.11 Å². The minimum atomic E-state index is -0.401. The molecule has 19 heavy (non-hydrogen) atoms. The molecule has 0 spiro atoms. The Morgan fingerprint density at radius 3 is 2.42 bits per heavy atom. The predicted octanol–water partition coefficient (Wildman–Crippen LogP) is 3.03. The Labute approximate surface area is 114 Å². The number of carbonyl (C=O) groups excluding carboxylic acids is 1. The topological polar surface area (TPSA) is 35.5 Å². The first-order valence-corrected chi connectivity index (χ1v) is 6.66.